The summed E-state index contributed by atoms with van der Waals surface area (Å²) in [6.45, 7) is -0.0666. The number of aldehydes is 1. The van der Waals surface area contributed by atoms with Gasteiger partial charge in [0.1, 0.15) is 24.5 Å². The average Bonchev–Trinajstić information content (AvgIpc) is 2.46. The van der Waals surface area contributed by atoms with Gasteiger partial charge in [-0.2, -0.15) is 0 Å². The van der Waals surface area contributed by atoms with E-state index in [1.165, 1.54) is 19.2 Å². The average molecular weight is 278 g/mol. The molecule has 3 nitrogen and oxygen atoms in total. The lowest BCUT2D eigenvalue weighted by molar-refractivity contribution is 0.112. The summed E-state index contributed by atoms with van der Waals surface area (Å²) < 4.78 is 36.8. The van der Waals surface area contributed by atoms with E-state index in [-0.39, 0.29) is 12.2 Å². The molecule has 2 aromatic rings. The topological polar surface area (TPSA) is 35.5 Å². The highest BCUT2D eigenvalue weighted by Gasteiger charge is 2.08. The van der Waals surface area contributed by atoms with Crippen LogP contribution in [-0.2, 0) is 6.61 Å². The van der Waals surface area contributed by atoms with E-state index in [9.17, 15) is 13.6 Å². The molecule has 0 aliphatic rings. The van der Waals surface area contributed by atoms with Crippen LogP contribution in [0.25, 0.3) is 0 Å². The molecule has 0 spiro atoms. The Kier molecular flexibility index (Phi) is 4.30. The van der Waals surface area contributed by atoms with Gasteiger partial charge in [-0.1, -0.05) is 0 Å². The van der Waals surface area contributed by atoms with Gasteiger partial charge in [-0.3, -0.25) is 4.79 Å². The Morgan fingerprint density at radius 1 is 1.10 bits per heavy atom. The largest absolute Gasteiger partial charge is 0.493 e. The molecule has 0 aromatic heterocycles. The van der Waals surface area contributed by atoms with E-state index in [1.54, 1.807) is 12.1 Å². The fourth-order valence-electron chi connectivity index (χ4n) is 1.67. The second-order valence-electron chi connectivity index (χ2n) is 4.05. The lowest BCUT2D eigenvalue weighted by Crippen LogP contribution is -2.01. The number of halogens is 2. The minimum absolute atomic E-state index is 0.0666. The summed E-state index contributed by atoms with van der Waals surface area (Å²) in [6, 6.07) is 7.91. The van der Waals surface area contributed by atoms with E-state index < -0.39 is 11.6 Å². The van der Waals surface area contributed by atoms with Crippen LogP contribution in [0.1, 0.15) is 15.9 Å². The first-order valence-corrected chi connectivity index (χ1v) is 5.84. The van der Waals surface area contributed by atoms with Gasteiger partial charge in [-0.05, 0) is 30.3 Å². The zero-order valence-corrected chi connectivity index (χ0v) is 10.7. The SMILES string of the molecule is COc1cc(C=O)ccc1OCc1ccc(F)cc1F. The maximum Gasteiger partial charge on any atom is 0.161 e. The van der Waals surface area contributed by atoms with Crippen LogP contribution in [0.5, 0.6) is 11.5 Å². The summed E-state index contributed by atoms with van der Waals surface area (Å²) >= 11 is 0. The monoisotopic (exact) mass is 278 g/mol. The third-order valence-corrected chi connectivity index (χ3v) is 2.72. The maximum absolute atomic E-state index is 13.5. The highest BCUT2D eigenvalue weighted by Crippen LogP contribution is 2.28. The highest BCUT2D eigenvalue weighted by molar-refractivity contribution is 5.76. The van der Waals surface area contributed by atoms with E-state index in [0.717, 1.165) is 12.1 Å². The van der Waals surface area contributed by atoms with Gasteiger partial charge in [-0.15, -0.1) is 0 Å². The summed E-state index contributed by atoms with van der Waals surface area (Å²) in [5.41, 5.74) is 0.676. The summed E-state index contributed by atoms with van der Waals surface area (Å²) in [5.74, 6) is -0.563. The molecule has 2 aromatic carbocycles. The van der Waals surface area contributed by atoms with Crippen molar-refractivity contribution in [3.63, 3.8) is 0 Å². The van der Waals surface area contributed by atoms with Gasteiger partial charge in [0.2, 0.25) is 0 Å². The van der Waals surface area contributed by atoms with Gasteiger partial charge in [0.25, 0.3) is 0 Å². The fourth-order valence-corrected chi connectivity index (χ4v) is 1.67. The van der Waals surface area contributed by atoms with E-state index in [1.807, 2.05) is 0 Å². The van der Waals surface area contributed by atoms with Crippen LogP contribution in [0.4, 0.5) is 8.78 Å². The van der Waals surface area contributed by atoms with Crippen molar-refractivity contribution in [3.8, 4) is 11.5 Å². The minimum atomic E-state index is -0.673. The third-order valence-electron chi connectivity index (χ3n) is 2.72. The molecule has 0 N–H and O–H groups in total. The highest BCUT2D eigenvalue weighted by atomic mass is 19.1. The Balaban J connectivity index is 2.16. The molecule has 0 aliphatic heterocycles. The van der Waals surface area contributed by atoms with E-state index in [2.05, 4.69) is 0 Å². The van der Waals surface area contributed by atoms with E-state index >= 15 is 0 Å². The number of ether oxygens (including phenoxy) is 2. The molecule has 0 unspecified atom stereocenters. The zero-order valence-electron chi connectivity index (χ0n) is 10.7. The minimum Gasteiger partial charge on any atom is -0.493 e. The summed E-state index contributed by atoms with van der Waals surface area (Å²) in [5, 5.41) is 0. The summed E-state index contributed by atoms with van der Waals surface area (Å²) in [7, 11) is 1.44. The predicted octanol–water partition coefficient (Wildman–Crippen LogP) is 3.36. The van der Waals surface area contributed by atoms with Gasteiger partial charge in [0, 0.05) is 17.2 Å². The van der Waals surface area contributed by atoms with Gasteiger partial charge >= 0.3 is 0 Å². The van der Waals surface area contributed by atoms with Crippen molar-refractivity contribution >= 4 is 6.29 Å². The Hall–Kier alpha value is -2.43. The van der Waals surface area contributed by atoms with Crippen LogP contribution in [-0.4, -0.2) is 13.4 Å². The quantitative estimate of drug-likeness (QED) is 0.787. The first kappa shape index (κ1) is 14.0. The number of methoxy groups -OCH3 is 1. The summed E-state index contributed by atoms with van der Waals surface area (Å²) in [4.78, 5) is 10.7. The molecule has 104 valence electrons. The Morgan fingerprint density at radius 2 is 1.90 bits per heavy atom. The lowest BCUT2D eigenvalue weighted by Gasteiger charge is -2.11. The zero-order chi connectivity index (χ0) is 14.5. The number of carbonyl (C=O) groups excluding carboxylic acids is 1. The molecule has 0 saturated heterocycles. The number of hydrogen-bond donors (Lipinski definition) is 0. The van der Waals surface area contributed by atoms with E-state index in [0.29, 0.717) is 23.3 Å². The van der Waals surface area contributed by atoms with Crippen LogP contribution >= 0.6 is 0 Å². The van der Waals surface area contributed by atoms with Crippen molar-refractivity contribution in [1.29, 1.82) is 0 Å². The Labute approximate surface area is 114 Å². The van der Waals surface area contributed by atoms with Gasteiger partial charge in [0.05, 0.1) is 7.11 Å². The van der Waals surface area contributed by atoms with Crippen LogP contribution in [0, 0.1) is 11.6 Å². The first-order valence-electron chi connectivity index (χ1n) is 5.84. The van der Waals surface area contributed by atoms with Crippen molar-refractivity contribution in [2.75, 3.05) is 7.11 Å². The fraction of sp³-hybridized carbons (Fsp3) is 0.133. The molecule has 0 saturated carbocycles. The molecule has 0 fully saturated rings. The molecule has 0 bridgehead atoms. The second-order valence-corrected chi connectivity index (χ2v) is 4.05. The maximum atomic E-state index is 13.5. The third kappa shape index (κ3) is 3.12. The van der Waals surface area contributed by atoms with Crippen molar-refractivity contribution in [2.24, 2.45) is 0 Å². The molecule has 0 aliphatic carbocycles. The van der Waals surface area contributed by atoms with Crippen LogP contribution in [0.3, 0.4) is 0 Å². The Bertz CT molecular complexity index is 627. The molecular formula is C15H12F2O3. The van der Waals surface area contributed by atoms with Crippen molar-refractivity contribution in [1.82, 2.24) is 0 Å². The standard InChI is InChI=1S/C15H12F2O3/c1-19-15-6-10(8-18)2-5-14(15)20-9-11-3-4-12(16)7-13(11)17/h2-8H,9H2,1H3. The van der Waals surface area contributed by atoms with Crippen LogP contribution < -0.4 is 9.47 Å². The van der Waals surface area contributed by atoms with Crippen LogP contribution in [0.2, 0.25) is 0 Å². The predicted molar refractivity (Wildman–Crippen MR) is 69.1 cm³/mol. The number of hydrogen-bond acceptors (Lipinski definition) is 3. The number of benzene rings is 2. The Morgan fingerprint density at radius 3 is 2.55 bits per heavy atom. The molecule has 5 heteroatoms. The van der Waals surface area contributed by atoms with Gasteiger partial charge in [0.15, 0.2) is 11.5 Å². The lowest BCUT2D eigenvalue weighted by atomic mass is 10.2. The molecular weight excluding hydrogens is 266 g/mol. The van der Waals surface area contributed by atoms with Crippen molar-refractivity contribution < 1.29 is 23.0 Å². The first-order chi connectivity index (χ1) is 9.63. The molecule has 0 heterocycles. The van der Waals surface area contributed by atoms with Crippen molar-refractivity contribution in [2.45, 2.75) is 6.61 Å². The molecule has 0 atom stereocenters. The van der Waals surface area contributed by atoms with E-state index in [4.69, 9.17) is 9.47 Å². The molecule has 0 amide bonds. The second kappa shape index (κ2) is 6.14. The molecule has 20 heavy (non-hydrogen) atoms. The van der Waals surface area contributed by atoms with Gasteiger partial charge < -0.3 is 9.47 Å². The van der Waals surface area contributed by atoms with Crippen LogP contribution in [0.15, 0.2) is 36.4 Å². The van der Waals surface area contributed by atoms with Gasteiger partial charge in [-0.25, -0.2) is 8.78 Å². The number of carbonyl (C=O) groups is 1. The summed E-state index contributed by atoms with van der Waals surface area (Å²) in [6.07, 6.45) is 0.686. The molecule has 0 radical (unpaired) electrons. The smallest absolute Gasteiger partial charge is 0.161 e. The normalized spacial score (nSPS) is 10.2. The number of rotatable bonds is 5. The molecule has 2 rings (SSSR count). The van der Waals surface area contributed by atoms with Crippen molar-refractivity contribution in [3.05, 3.63) is 59.2 Å².